The zero-order valence-corrected chi connectivity index (χ0v) is 9.90. The van der Waals surface area contributed by atoms with Crippen LogP contribution in [0.3, 0.4) is 0 Å². The van der Waals surface area contributed by atoms with Crippen LogP contribution in [0.15, 0.2) is 0 Å². The van der Waals surface area contributed by atoms with Crippen LogP contribution >= 0.6 is 30.8 Å². The van der Waals surface area contributed by atoms with Crippen LogP contribution in [0.1, 0.15) is 0 Å². The first-order valence-corrected chi connectivity index (χ1v) is 6.78. The molecular weight excluding hydrogens is 227 g/mol. The Bertz CT molecular complexity index is 160. The van der Waals surface area contributed by atoms with E-state index in [9.17, 15) is 9.59 Å². The molecule has 0 aliphatic carbocycles. The van der Waals surface area contributed by atoms with Gasteiger partial charge in [0.1, 0.15) is 0 Å². The van der Waals surface area contributed by atoms with Crippen molar-refractivity contribution >= 4 is 42.9 Å². The summed E-state index contributed by atoms with van der Waals surface area (Å²) in [6.07, 6.45) is 0.694. The van der Waals surface area contributed by atoms with Gasteiger partial charge in [0.05, 0.1) is 0 Å². The van der Waals surface area contributed by atoms with E-state index in [-0.39, 0.29) is 5.65 Å². The van der Waals surface area contributed by atoms with Crippen molar-refractivity contribution in [1.29, 1.82) is 0 Å². The smallest absolute Gasteiger partial charge is 0.234 e. The van der Waals surface area contributed by atoms with Crippen molar-refractivity contribution < 1.29 is 9.59 Å². The highest BCUT2D eigenvalue weighted by molar-refractivity contribution is 8.76. The van der Waals surface area contributed by atoms with Gasteiger partial charge in [0.25, 0.3) is 0 Å². The van der Waals surface area contributed by atoms with Crippen LogP contribution in [-0.4, -0.2) is 36.7 Å². The molecule has 4 nitrogen and oxygen atoms in total. The van der Waals surface area contributed by atoms with Crippen LogP contribution in [0.5, 0.6) is 0 Å². The number of hydrogen-bond donors (Lipinski definition) is 2. The molecule has 0 aromatic rings. The predicted molar refractivity (Wildman–Crippen MR) is 62.1 cm³/mol. The second-order valence-corrected chi connectivity index (χ2v) is 5.23. The number of amides is 2. The van der Waals surface area contributed by atoms with Crippen molar-refractivity contribution in [2.45, 2.75) is 0 Å². The SMILES string of the molecule is O=CNCCSSCCNC(=O)P. The largest absolute Gasteiger partial charge is 0.358 e. The van der Waals surface area contributed by atoms with Gasteiger partial charge in [-0.2, -0.15) is 0 Å². The molecule has 2 N–H and O–H groups in total. The van der Waals surface area contributed by atoms with E-state index >= 15 is 0 Å². The van der Waals surface area contributed by atoms with Gasteiger partial charge in [-0.1, -0.05) is 21.6 Å². The Balaban J connectivity index is 2.91. The summed E-state index contributed by atoms with van der Waals surface area (Å²) < 4.78 is 0. The van der Waals surface area contributed by atoms with E-state index in [1.54, 1.807) is 21.6 Å². The Morgan fingerprint density at radius 3 is 2.46 bits per heavy atom. The second kappa shape index (κ2) is 10.2. The molecule has 0 spiro atoms. The number of hydrogen-bond acceptors (Lipinski definition) is 4. The molecule has 1 unspecified atom stereocenters. The van der Waals surface area contributed by atoms with Crippen LogP contribution < -0.4 is 10.6 Å². The summed E-state index contributed by atoms with van der Waals surface area (Å²) in [5, 5.41) is 5.24. The summed E-state index contributed by atoms with van der Waals surface area (Å²) >= 11 is 0. The first-order chi connectivity index (χ1) is 6.27. The first kappa shape index (κ1) is 13.1. The third kappa shape index (κ3) is 12.1. The monoisotopic (exact) mass is 240 g/mol. The van der Waals surface area contributed by atoms with Gasteiger partial charge in [0, 0.05) is 24.6 Å². The summed E-state index contributed by atoms with van der Waals surface area (Å²) in [5.41, 5.74) is -0.0757. The minimum Gasteiger partial charge on any atom is -0.358 e. The van der Waals surface area contributed by atoms with Crippen LogP contribution in [-0.2, 0) is 4.79 Å². The van der Waals surface area contributed by atoms with Gasteiger partial charge >= 0.3 is 0 Å². The molecule has 0 aliphatic heterocycles. The number of nitrogens with one attached hydrogen (secondary N) is 2. The predicted octanol–water partition coefficient (Wildman–Crippen LogP) is 0.698. The Morgan fingerprint density at radius 2 is 1.92 bits per heavy atom. The van der Waals surface area contributed by atoms with Crippen molar-refractivity contribution in [3.8, 4) is 0 Å². The van der Waals surface area contributed by atoms with Crippen molar-refractivity contribution in [3.05, 3.63) is 0 Å². The molecule has 0 aliphatic rings. The highest BCUT2D eigenvalue weighted by atomic mass is 33.1. The molecule has 0 bridgehead atoms. The fourth-order valence-electron chi connectivity index (χ4n) is 0.493. The minimum atomic E-state index is -0.0757. The van der Waals surface area contributed by atoms with Gasteiger partial charge in [0.15, 0.2) is 0 Å². The van der Waals surface area contributed by atoms with Crippen molar-refractivity contribution in [1.82, 2.24) is 10.6 Å². The lowest BCUT2D eigenvalue weighted by Gasteiger charge is -2.01. The van der Waals surface area contributed by atoms with Gasteiger partial charge in [-0.15, -0.1) is 0 Å². The molecule has 0 saturated heterocycles. The Morgan fingerprint density at radius 1 is 1.31 bits per heavy atom. The Kier molecular flexibility index (Phi) is 10.2. The highest BCUT2D eigenvalue weighted by Gasteiger charge is 1.92. The normalized spacial score (nSPS) is 9.31. The van der Waals surface area contributed by atoms with E-state index in [0.29, 0.717) is 19.5 Å². The number of rotatable bonds is 8. The molecule has 76 valence electrons. The van der Waals surface area contributed by atoms with Crippen LogP contribution in [0.25, 0.3) is 0 Å². The van der Waals surface area contributed by atoms with Crippen LogP contribution in [0.2, 0.25) is 0 Å². The van der Waals surface area contributed by atoms with Crippen LogP contribution in [0, 0.1) is 0 Å². The summed E-state index contributed by atoms with van der Waals surface area (Å²) in [6.45, 7) is 1.37. The van der Waals surface area contributed by atoms with Crippen molar-refractivity contribution in [2.75, 3.05) is 24.6 Å². The third-order valence-electron chi connectivity index (χ3n) is 0.981. The summed E-state index contributed by atoms with van der Waals surface area (Å²) in [5.74, 6) is 1.77. The fourth-order valence-corrected chi connectivity index (χ4v) is 2.47. The molecule has 1 atom stereocenters. The summed E-state index contributed by atoms with van der Waals surface area (Å²) in [4.78, 5) is 20.2. The zero-order chi connectivity index (χ0) is 9.94. The zero-order valence-electron chi connectivity index (χ0n) is 7.12. The van der Waals surface area contributed by atoms with E-state index in [0.717, 1.165) is 11.5 Å². The molecule has 0 aromatic heterocycles. The number of carbonyl (C=O) groups excluding carboxylic acids is 2. The molecule has 0 radical (unpaired) electrons. The topological polar surface area (TPSA) is 58.2 Å². The van der Waals surface area contributed by atoms with E-state index in [1.165, 1.54) is 0 Å². The molecule has 0 aromatic carbocycles. The molecule has 13 heavy (non-hydrogen) atoms. The standard InChI is InChI=1S/C6H13N2O2PS2/c9-5-7-1-3-12-13-4-2-8-6(10)11/h5H,1-4,11H2,(H,7,9)(H,8,10). The van der Waals surface area contributed by atoms with Gasteiger partial charge in [-0.25, -0.2) is 0 Å². The van der Waals surface area contributed by atoms with E-state index in [2.05, 4.69) is 19.9 Å². The maximum atomic E-state index is 10.4. The molecular formula is C6H13N2O2PS2. The molecule has 0 fully saturated rings. The van der Waals surface area contributed by atoms with E-state index < -0.39 is 0 Å². The Hall–Kier alpha value is 0.0700. The maximum Gasteiger partial charge on any atom is 0.234 e. The van der Waals surface area contributed by atoms with E-state index in [1.807, 2.05) is 0 Å². The Labute approximate surface area is 88.0 Å². The van der Waals surface area contributed by atoms with Crippen molar-refractivity contribution in [3.63, 3.8) is 0 Å². The lowest BCUT2D eigenvalue weighted by molar-refractivity contribution is -0.109. The molecule has 7 heteroatoms. The summed E-state index contributed by atoms with van der Waals surface area (Å²) in [6, 6.07) is 0. The quantitative estimate of drug-likeness (QED) is 0.284. The highest BCUT2D eigenvalue weighted by Crippen LogP contribution is 2.19. The third-order valence-corrected chi connectivity index (χ3v) is 3.59. The average molecular weight is 240 g/mol. The van der Waals surface area contributed by atoms with Crippen LogP contribution in [0.4, 0.5) is 4.79 Å². The fraction of sp³-hybridized carbons (Fsp3) is 0.667. The van der Waals surface area contributed by atoms with Gasteiger partial charge in [-0.05, 0) is 9.24 Å². The lowest BCUT2D eigenvalue weighted by atomic mass is 10.8. The molecule has 0 rings (SSSR count). The molecule has 0 saturated carbocycles. The average Bonchev–Trinajstić information content (AvgIpc) is 2.09. The van der Waals surface area contributed by atoms with Gasteiger partial charge < -0.3 is 10.6 Å². The molecule has 2 amide bonds. The lowest BCUT2D eigenvalue weighted by Crippen LogP contribution is -2.18. The minimum absolute atomic E-state index is 0.0757. The first-order valence-electron chi connectivity index (χ1n) is 3.72. The summed E-state index contributed by atoms with van der Waals surface area (Å²) in [7, 11) is 5.43. The number of carbonyl (C=O) groups is 2. The second-order valence-electron chi connectivity index (χ2n) is 2.01. The van der Waals surface area contributed by atoms with Crippen molar-refractivity contribution in [2.24, 2.45) is 0 Å². The maximum absolute atomic E-state index is 10.4. The van der Waals surface area contributed by atoms with E-state index in [4.69, 9.17) is 0 Å². The van der Waals surface area contributed by atoms with Gasteiger partial charge in [-0.3, -0.25) is 9.59 Å². The van der Waals surface area contributed by atoms with Gasteiger partial charge in [0.2, 0.25) is 12.1 Å². The molecule has 0 heterocycles.